The second-order valence-electron chi connectivity index (χ2n) is 5.66. The highest BCUT2D eigenvalue weighted by molar-refractivity contribution is 6.42. The number of benzene rings is 2. The summed E-state index contributed by atoms with van der Waals surface area (Å²) >= 11 is 12.1. The molecule has 0 aliphatic carbocycles. The predicted octanol–water partition coefficient (Wildman–Crippen LogP) is 5.73. The van der Waals surface area contributed by atoms with E-state index in [1.165, 1.54) is 11.1 Å². The van der Waals surface area contributed by atoms with Crippen molar-refractivity contribution in [3.8, 4) is 0 Å². The van der Waals surface area contributed by atoms with Crippen molar-refractivity contribution in [2.45, 2.75) is 25.4 Å². The van der Waals surface area contributed by atoms with Crippen molar-refractivity contribution in [3.05, 3.63) is 69.7 Å². The Balaban J connectivity index is 0.00000192. The van der Waals surface area contributed by atoms with Gasteiger partial charge >= 0.3 is 0 Å². The van der Waals surface area contributed by atoms with E-state index >= 15 is 0 Å². The van der Waals surface area contributed by atoms with Gasteiger partial charge < -0.3 is 0 Å². The molecule has 1 unspecified atom stereocenters. The van der Waals surface area contributed by atoms with Crippen LogP contribution in [-0.2, 0) is 11.4 Å². The van der Waals surface area contributed by atoms with Crippen LogP contribution < -0.4 is 0 Å². The minimum absolute atomic E-state index is 0. The zero-order chi connectivity index (χ0) is 15.4. The maximum atomic E-state index is 6.13. The van der Waals surface area contributed by atoms with Gasteiger partial charge in [-0.25, -0.2) is 0 Å². The summed E-state index contributed by atoms with van der Waals surface area (Å²) in [7, 11) is 0. The van der Waals surface area contributed by atoms with Crippen LogP contribution in [0.5, 0.6) is 0 Å². The number of nitrogens with zero attached hydrogens (tertiary/aromatic N) is 1. The van der Waals surface area contributed by atoms with E-state index in [0.29, 0.717) is 22.6 Å². The molecule has 2 nitrogen and oxygen atoms in total. The average Bonchev–Trinajstić information content (AvgIpc) is 2.57. The van der Waals surface area contributed by atoms with Gasteiger partial charge in [0.15, 0.2) is 0 Å². The molecule has 0 aromatic heterocycles. The lowest BCUT2D eigenvalue weighted by Crippen LogP contribution is -2.34. The Hall–Kier alpha value is -0.770. The lowest BCUT2D eigenvalue weighted by atomic mass is 9.91. The number of halogens is 3. The maximum absolute atomic E-state index is 6.13. The first-order chi connectivity index (χ1) is 10.7. The normalized spacial score (nSPS) is 18.4. The zero-order valence-electron chi connectivity index (χ0n) is 12.8. The summed E-state index contributed by atoms with van der Waals surface area (Å²) in [6.07, 6.45) is 2.28. The van der Waals surface area contributed by atoms with Crippen LogP contribution >= 0.6 is 35.6 Å². The number of hydrogen-bond donors (Lipinski definition) is 0. The maximum Gasteiger partial charge on any atom is 0.0935 e. The molecule has 1 aliphatic heterocycles. The van der Waals surface area contributed by atoms with Crippen molar-refractivity contribution in [1.82, 2.24) is 5.06 Å². The first kappa shape index (κ1) is 18.6. The SMILES string of the molecule is Cl.Clc1ccc(C2CCCN(OCc3ccccc3)C2)cc1Cl. The summed E-state index contributed by atoms with van der Waals surface area (Å²) in [5.74, 6) is 0.444. The summed E-state index contributed by atoms with van der Waals surface area (Å²) in [5, 5.41) is 3.31. The Kier molecular flexibility index (Phi) is 7.19. The van der Waals surface area contributed by atoms with E-state index in [2.05, 4.69) is 23.3 Å². The van der Waals surface area contributed by atoms with Gasteiger partial charge in [-0.3, -0.25) is 4.84 Å². The molecule has 0 spiro atoms. The van der Waals surface area contributed by atoms with E-state index in [-0.39, 0.29) is 12.4 Å². The van der Waals surface area contributed by atoms with Crippen LogP contribution in [0.3, 0.4) is 0 Å². The molecule has 0 bridgehead atoms. The van der Waals surface area contributed by atoms with E-state index in [9.17, 15) is 0 Å². The van der Waals surface area contributed by atoms with Gasteiger partial charge in [0.05, 0.1) is 16.7 Å². The summed E-state index contributed by atoms with van der Waals surface area (Å²) < 4.78 is 0. The van der Waals surface area contributed by atoms with E-state index in [1.54, 1.807) is 0 Å². The Labute approximate surface area is 153 Å². The molecule has 5 heteroatoms. The number of piperidine rings is 1. The van der Waals surface area contributed by atoms with Gasteiger partial charge in [-0.1, -0.05) is 59.6 Å². The third-order valence-electron chi connectivity index (χ3n) is 4.06. The molecule has 124 valence electrons. The lowest BCUT2D eigenvalue weighted by molar-refractivity contribution is -0.182. The highest BCUT2D eigenvalue weighted by atomic mass is 35.5. The molecular weight excluding hydrogens is 353 g/mol. The van der Waals surface area contributed by atoms with Crippen LogP contribution in [0.25, 0.3) is 0 Å². The highest BCUT2D eigenvalue weighted by Crippen LogP contribution is 2.31. The Bertz CT molecular complexity index is 621. The standard InChI is InChI=1S/C18H19Cl2NO.ClH/c19-17-9-8-15(11-18(17)20)16-7-4-10-21(12-16)22-13-14-5-2-1-3-6-14;/h1-3,5-6,8-9,11,16H,4,7,10,12-13H2;1H. The number of hydroxylamine groups is 2. The lowest BCUT2D eigenvalue weighted by Gasteiger charge is -2.32. The quantitative estimate of drug-likeness (QED) is 0.680. The van der Waals surface area contributed by atoms with Crippen molar-refractivity contribution in [2.75, 3.05) is 13.1 Å². The zero-order valence-corrected chi connectivity index (χ0v) is 15.1. The Morgan fingerprint density at radius 1 is 1.04 bits per heavy atom. The topological polar surface area (TPSA) is 12.5 Å². The third kappa shape index (κ3) is 5.10. The summed E-state index contributed by atoms with van der Waals surface area (Å²) in [4.78, 5) is 5.95. The van der Waals surface area contributed by atoms with Crippen LogP contribution in [0, 0.1) is 0 Å². The molecule has 23 heavy (non-hydrogen) atoms. The molecule has 0 amide bonds. The monoisotopic (exact) mass is 371 g/mol. The van der Waals surface area contributed by atoms with Gasteiger partial charge in [-0.2, -0.15) is 5.06 Å². The minimum Gasteiger partial charge on any atom is -0.294 e. The van der Waals surface area contributed by atoms with Crippen LogP contribution in [0.4, 0.5) is 0 Å². The van der Waals surface area contributed by atoms with Crippen LogP contribution in [-0.4, -0.2) is 18.2 Å². The van der Waals surface area contributed by atoms with Gasteiger partial charge in [-0.15, -0.1) is 12.4 Å². The van der Waals surface area contributed by atoms with Crippen LogP contribution in [0.15, 0.2) is 48.5 Å². The molecule has 2 aromatic carbocycles. The van der Waals surface area contributed by atoms with E-state index in [4.69, 9.17) is 28.0 Å². The van der Waals surface area contributed by atoms with Crippen molar-refractivity contribution in [3.63, 3.8) is 0 Å². The van der Waals surface area contributed by atoms with E-state index < -0.39 is 0 Å². The molecule has 2 aromatic rings. The van der Waals surface area contributed by atoms with Crippen molar-refractivity contribution in [1.29, 1.82) is 0 Å². The summed E-state index contributed by atoms with van der Waals surface area (Å²) in [5.41, 5.74) is 2.43. The van der Waals surface area contributed by atoms with Crippen molar-refractivity contribution >= 4 is 35.6 Å². The van der Waals surface area contributed by atoms with Crippen molar-refractivity contribution in [2.24, 2.45) is 0 Å². The molecule has 0 radical (unpaired) electrons. The second-order valence-corrected chi connectivity index (χ2v) is 6.47. The minimum atomic E-state index is 0. The van der Waals surface area contributed by atoms with Crippen LogP contribution in [0.2, 0.25) is 10.0 Å². The molecule has 1 saturated heterocycles. The average molecular weight is 373 g/mol. The fourth-order valence-corrected chi connectivity index (χ4v) is 3.14. The third-order valence-corrected chi connectivity index (χ3v) is 4.79. The number of hydrogen-bond acceptors (Lipinski definition) is 2. The molecule has 0 N–H and O–H groups in total. The van der Waals surface area contributed by atoms with Gasteiger partial charge in [0, 0.05) is 13.1 Å². The molecule has 1 heterocycles. The molecule has 1 fully saturated rings. The first-order valence-electron chi connectivity index (χ1n) is 7.59. The Morgan fingerprint density at radius 2 is 1.83 bits per heavy atom. The second kappa shape index (κ2) is 8.91. The largest absolute Gasteiger partial charge is 0.294 e. The smallest absolute Gasteiger partial charge is 0.0935 e. The van der Waals surface area contributed by atoms with Crippen LogP contribution in [0.1, 0.15) is 29.9 Å². The first-order valence-corrected chi connectivity index (χ1v) is 8.35. The van der Waals surface area contributed by atoms with E-state index in [0.717, 1.165) is 25.9 Å². The molecule has 0 saturated carbocycles. The fraction of sp³-hybridized carbons (Fsp3) is 0.333. The summed E-state index contributed by atoms with van der Waals surface area (Å²) in [6.45, 7) is 2.49. The van der Waals surface area contributed by atoms with Gasteiger partial charge in [0.25, 0.3) is 0 Å². The Morgan fingerprint density at radius 3 is 2.57 bits per heavy atom. The molecular formula is C18H20Cl3NO. The molecule has 1 aliphatic rings. The predicted molar refractivity (Wildman–Crippen MR) is 98.5 cm³/mol. The van der Waals surface area contributed by atoms with E-state index in [1.807, 2.05) is 30.3 Å². The van der Waals surface area contributed by atoms with Crippen molar-refractivity contribution < 1.29 is 4.84 Å². The summed E-state index contributed by atoms with van der Waals surface area (Å²) in [6, 6.07) is 16.2. The molecule has 1 atom stereocenters. The fourth-order valence-electron chi connectivity index (χ4n) is 2.84. The van der Waals surface area contributed by atoms with Gasteiger partial charge in [0.2, 0.25) is 0 Å². The van der Waals surface area contributed by atoms with Gasteiger partial charge in [0.1, 0.15) is 0 Å². The highest BCUT2D eigenvalue weighted by Gasteiger charge is 2.22. The van der Waals surface area contributed by atoms with Gasteiger partial charge in [-0.05, 0) is 42.0 Å². The molecule has 3 rings (SSSR count). The number of rotatable bonds is 4.